The van der Waals surface area contributed by atoms with E-state index in [2.05, 4.69) is 80.3 Å². The Balaban J connectivity index is 0.000000245. The van der Waals surface area contributed by atoms with E-state index >= 15 is 0 Å². The monoisotopic (exact) mass is 986 g/mol. The number of hydrogen-bond acceptors (Lipinski definition) is 14. The maximum atomic E-state index is 12.1. The van der Waals surface area contributed by atoms with Gasteiger partial charge in [0.25, 0.3) is 0 Å². The Hall–Kier alpha value is -5.45. The molecule has 0 bridgehead atoms. The summed E-state index contributed by atoms with van der Waals surface area (Å²) >= 11 is 0. The van der Waals surface area contributed by atoms with Gasteiger partial charge in [-0.2, -0.15) is 10.2 Å². The van der Waals surface area contributed by atoms with Gasteiger partial charge in [0.05, 0.1) is 27.1 Å². The zero-order chi connectivity index (χ0) is 52.9. The molecule has 5 aliphatic heterocycles. The van der Waals surface area contributed by atoms with Crippen LogP contribution in [0.5, 0.6) is 0 Å². The van der Waals surface area contributed by atoms with E-state index in [1.807, 2.05) is 52.0 Å². The van der Waals surface area contributed by atoms with Crippen molar-refractivity contribution < 1.29 is 43.0 Å². The fourth-order valence-corrected chi connectivity index (χ4v) is 9.11. The molecule has 0 aromatic heterocycles. The molecular weight excluding hydrogens is 903 g/mol. The SMILES string of the molecule is CCC(C)C(C)=O.CCC(CC(=O)OC)C(C)=O.CN1N=C2CCN(Cc3ccccc3)CC2(C)CC1=O.CN1N=C2CCNCC2(C)CC1=O.COC(=O)CC1(C)CN(Cc2ccccc2)CCC1=O. The molecule has 3 saturated heterocycles. The second kappa shape index (κ2) is 28.6. The molecule has 0 saturated carbocycles. The number of nitrogens with zero attached hydrogens (tertiary/aromatic N) is 6. The highest BCUT2D eigenvalue weighted by Gasteiger charge is 2.43. The molecular formula is C55H83N7O9. The van der Waals surface area contributed by atoms with E-state index in [1.165, 1.54) is 53.7 Å². The zero-order valence-corrected chi connectivity index (χ0v) is 44.8. The Morgan fingerprint density at radius 2 is 1.17 bits per heavy atom. The number of ketones is 3. The molecule has 5 unspecified atom stereocenters. The first-order valence-electron chi connectivity index (χ1n) is 25.1. The Bertz CT molecular complexity index is 2170. The molecule has 0 spiro atoms. The van der Waals surface area contributed by atoms with Gasteiger partial charge in [-0.3, -0.25) is 43.4 Å². The number of amides is 2. The fraction of sp³-hybridized carbons (Fsp3) is 0.618. The molecule has 7 rings (SSSR count). The number of benzene rings is 2. The first-order valence-corrected chi connectivity index (χ1v) is 25.1. The summed E-state index contributed by atoms with van der Waals surface area (Å²) in [5.41, 5.74) is 4.17. The Kier molecular flexibility index (Phi) is 24.1. The van der Waals surface area contributed by atoms with Crippen molar-refractivity contribution in [3.63, 3.8) is 0 Å². The summed E-state index contributed by atoms with van der Waals surface area (Å²) in [6, 6.07) is 20.7. The van der Waals surface area contributed by atoms with Gasteiger partial charge in [0.2, 0.25) is 11.8 Å². The van der Waals surface area contributed by atoms with Gasteiger partial charge >= 0.3 is 11.9 Å². The summed E-state index contributed by atoms with van der Waals surface area (Å²) in [6.45, 7) is 22.1. The van der Waals surface area contributed by atoms with Crippen molar-refractivity contribution in [1.29, 1.82) is 0 Å². The second-order valence-corrected chi connectivity index (χ2v) is 20.4. The number of piperidine rings is 3. The molecule has 5 heterocycles. The highest BCUT2D eigenvalue weighted by molar-refractivity contribution is 5.98. The maximum Gasteiger partial charge on any atom is 0.306 e. The number of hydrogen-bond donors (Lipinski definition) is 1. The van der Waals surface area contributed by atoms with E-state index in [-0.39, 0.29) is 70.8 Å². The van der Waals surface area contributed by atoms with Crippen LogP contribution in [-0.2, 0) is 56.1 Å². The summed E-state index contributed by atoms with van der Waals surface area (Å²) in [5.74, 6) is 0.220. The standard InChI is InChI=1S/C16H21N3O.C16H21NO3.C9H15N3O.C8H14O3.C6H12O/c1-16-10-15(20)18(2)17-14(16)8-9-19(12-16)11-13-6-4-3-5-7-13;1-16(10-15(19)20-2)12-17(9-8-14(16)18)11-13-6-4-3-5-7-13;1-9-5-8(13)12(2)11-7(9)3-4-10-6-9;1-4-7(6(2)9)5-8(10)11-3;1-4-5(2)6(3)7/h2*3-7H,8-12H2,1-2H3;10H,3-6H2,1-2H3;7H,4-5H2,1-3H3;5H,4H2,1-3H3. The van der Waals surface area contributed by atoms with E-state index in [4.69, 9.17) is 4.74 Å². The third-order valence-electron chi connectivity index (χ3n) is 14.2. The summed E-state index contributed by atoms with van der Waals surface area (Å²) < 4.78 is 9.15. The highest BCUT2D eigenvalue weighted by atomic mass is 16.5. The lowest BCUT2D eigenvalue weighted by molar-refractivity contribution is -0.149. The number of likely N-dealkylation sites (tertiary alicyclic amines) is 2. The van der Waals surface area contributed by atoms with Crippen LogP contribution in [0.25, 0.3) is 0 Å². The molecule has 1 N–H and O–H groups in total. The quantitative estimate of drug-likeness (QED) is 0.212. The smallest absolute Gasteiger partial charge is 0.306 e. The van der Waals surface area contributed by atoms with Crippen LogP contribution in [-0.4, -0.2) is 140 Å². The van der Waals surface area contributed by atoms with Crippen LogP contribution in [0.4, 0.5) is 0 Å². The molecule has 71 heavy (non-hydrogen) atoms. The van der Waals surface area contributed by atoms with Crippen LogP contribution in [0.1, 0.15) is 124 Å². The lowest BCUT2D eigenvalue weighted by atomic mass is 9.76. The average Bonchev–Trinajstić information content (AvgIpc) is 3.33. The lowest BCUT2D eigenvalue weighted by Gasteiger charge is -2.44. The summed E-state index contributed by atoms with van der Waals surface area (Å²) in [6.07, 6.45) is 5.63. The number of carbonyl (C=O) groups is 7. The predicted octanol–water partition coefficient (Wildman–Crippen LogP) is 7.14. The molecule has 3 fully saturated rings. The van der Waals surface area contributed by atoms with Crippen LogP contribution in [0.3, 0.4) is 0 Å². The number of esters is 2. The van der Waals surface area contributed by atoms with Crippen LogP contribution in [0.15, 0.2) is 70.9 Å². The fourth-order valence-electron chi connectivity index (χ4n) is 9.11. The van der Waals surface area contributed by atoms with Crippen molar-refractivity contribution in [3.8, 4) is 0 Å². The van der Waals surface area contributed by atoms with Gasteiger partial charge in [0, 0.05) is 138 Å². The minimum Gasteiger partial charge on any atom is -0.469 e. The predicted molar refractivity (Wildman–Crippen MR) is 277 cm³/mol. The number of fused-ring (bicyclic) bond motifs is 2. The van der Waals surface area contributed by atoms with Gasteiger partial charge in [-0.15, -0.1) is 0 Å². The number of hydrazone groups is 2. The van der Waals surface area contributed by atoms with Gasteiger partial charge in [0.1, 0.15) is 17.3 Å². The van der Waals surface area contributed by atoms with Crippen LogP contribution >= 0.6 is 0 Å². The number of carbonyl (C=O) groups excluding carboxylic acids is 7. The molecule has 16 nitrogen and oxygen atoms in total. The van der Waals surface area contributed by atoms with Crippen molar-refractivity contribution in [2.24, 2.45) is 38.3 Å². The minimum atomic E-state index is -0.625. The molecule has 0 aliphatic carbocycles. The lowest BCUT2D eigenvalue weighted by Crippen LogP contribution is -2.52. The van der Waals surface area contributed by atoms with Crippen molar-refractivity contribution in [3.05, 3.63) is 71.8 Å². The highest BCUT2D eigenvalue weighted by Crippen LogP contribution is 2.36. The number of rotatable bonds is 12. The maximum absolute atomic E-state index is 12.1. The first-order chi connectivity index (χ1) is 33.5. The Morgan fingerprint density at radius 1 is 0.676 bits per heavy atom. The first kappa shape index (κ1) is 59.9. The minimum absolute atomic E-state index is 0.0259. The molecule has 5 aliphatic rings. The molecule has 0 radical (unpaired) electrons. The van der Waals surface area contributed by atoms with Crippen LogP contribution in [0, 0.1) is 28.1 Å². The molecule has 2 aromatic carbocycles. The van der Waals surface area contributed by atoms with Crippen LogP contribution in [0.2, 0.25) is 0 Å². The average molecular weight is 986 g/mol. The van der Waals surface area contributed by atoms with E-state index in [9.17, 15) is 33.6 Å². The Labute approximate surface area is 423 Å². The third-order valence-corrected chi connectivity index (χ3v) is 14.2. The molecule has 5 atom stereocenters. The third kappa shape index (κ3) is 18.9. The van der Waals surface area contributed by atoms with Crippen LogP contribution < -0.4 is 5.32 Å². The zero-order valence-electron chi connectivity index (χ0n) is 44.8. The van der Waals surface area contributed by atoms with E-state index in [0.29, 0.717) is 38.0 Å². The van der Waals surface area contributed by atoms with E-state index in [0.717, 1.165) is 65.1 Å². The van der Waals surface area contributed by atoms with Gasteiger partial charge < -0.3 is 14.8 Å². The van der Waals surface area contributed by atoms with Gasteiger partial charge in [-0.25, -0.2) is 10.0 Å². The van der Waals surface area contributed by atoms with Crippen molar-refractivity contribution in [2.75, 3.05) is 67.6 Å². The molecule has 2 amide bonds. The summed E-state index contributed by atoms with van der Waals surface area (Å²) in [5, 5.41) is 15.1. The van der Waals surface area contributed by atoms with Crippen molar-refractivity contribution in [1.82, 2.24) is 25.1 Å². The van der Waals surface area contributed by atoms with Gasteiger partial charge in [-0.1, -0.05) is 102 Å². The number of Topliss-reactive ketones (excluding diaryl/α,β-unsaturated/α-hetero) is 3. The van der Waals surface area contributed by atoms with Crippen molar-refractivity contribution >= 4 is 52.5 Å². The number of methoxy groups -OCH3 is 2. The Morgan fingerprint density at radius 3 is 1.63 bits per heavy atom. The number of nitrogens with one attached hydrogen (secondary N) is 1. The van der Waals surface area contributed by atoms with E-state index in [1.54, 1.807) is 21.0 Å². The molecule has 16 heteroatoms. The van der Waals surface area contributed by atoms with Crippen molar-refractivity contribution in [2.45, 2.75) is 126 Å². The number of ether oxygens (including phenoxy) is 2. The molecule has 392 valence electrons. The topological polar surface area (TPSA) is 188 Å². The van der Waals surface area contributed by atoms with Gasteiger partial charge in [0.15, 0.2) is 0 Å². The summed E-state index contributed by atoms with van der Waals surface area (Å²) in [4.78, 5) is 83.6. The van der Waals surface area contributed by atoms with Gasteiger partial charge in [-0.05, 0) is 37.8 Å². The largest absolute Gasteiger partial charge is 0.469 e. The van der Waals surface area contributed by atoms with E-state index < -0.39 is 5.41 Å². The summed E-state index contributed by atoms with van der Waals surface area (Å²) in [7, 11) is 6.18. The second-order valence-electron chi connectivity index (χ2n) is 20.4. The molecule has 2 aromatic rings. The normalized spacial score (nSPS) is 23.8.